The van der Waals surface area contributed by atoms with E-state index in [1.165, 1.54) is 25.9 Å². The van der Waals surface area contributed by atoms with Gasteiger partial charge in [-0.1, -0.05) is 49.7 Å². The summed E-state index contributed by atoms with van der Waals surface area (Å²) in [5, 5.41) is 9.53. The average molecular weight is 557 g/mol. The number of nitrogens with zero attached hydrogens (tertiary/aromatic N) is 6. The van der Waals surface area contributed by atoms with Gasteiger partial charge in [-0.05, 0) is 68.7 Å². The number of fused-ring (bicyclic) bond motifs is 1. The number of benzene rings is 1. The van der Waals surface area contributed by atoms with E-state index < -0.39 is 0 Å². The molecule has 5 rings (SSSR count). The Kier molecular flexibility index (Phi) is 8.17. The Morgan fingerprint density at radius 1 is 1.16 bits per heavy atom. The van der Waals surface area contributed by atoms with E-state index in [1.54, 1.807) is 6.07 Å². The molecular weight excluding hydrogens is 517 g/mol. The molecule has 1 aromatic carbocycles. The third-order valence-corrected chi connectivity index (χ3v) is 8.82. The third kappa shape index (κ3) is 5.65. The second-order valence-electron chi connectivity index (χ2n) is 11.2. The summed E-state index contributed by atoms with van der Waals surface area (Å²) < 4.78 is 1.94. The summed E-state index contributed by atoms with van der Waals surface area (Å²) in [5.74, 6) is 2.85. The van der Waals surface area contributed by atoms with Crippen LogP contribution in [0, 0.1) is 24.7 Å². The van der Waals surface area contributed by atoms with Gasteiger partial charge in [-0.2, -0.15) is 5.10 Å². The highest BCUT2D eigenvalue weighted by Crippen LogP contribution is 2.35. The molecule has 204 valence electrons. The number of nitrogens with one attached hydrogen (secondary N) is 1. The highest BCUT2D eigenvalue weighted by molar-refractivity contribution is 6.35. The average Bonchev–Trinajstić information content (AvgIpc) is 3.19. The fourth-order valence-corrected chi connectivity index (χ4v) is 6.26. The molecule has 2 aliphatic rings. The first-order chi connectivity index (χ1) is 18.2. The topological polar surface area (TPSA) is 62.1 Å². The highest BCUT2D eigenvalue weighted by Gasteiger charge is 2.36. The minimum atomic E-state index is -0.0925. The lowest BCUT2D eigenvalue weighted by molar-refractivity contribution is 0.120. The molecule has 38 heavy (non-hydrogen) atoms. The van der Waals surface area contributed by atoms with Gasteiger partial charge in [-0.25, -0.2) is 14.6 Å². The van der Waals surface area contributed by atoms with E-state index in [1.807, 2.05) is 29.9 Å². The van der Waals surface area contributed by atoms with Gasteiger partial charge in [0.2, 0.25) is 0 Å². The number of piperidine rings is 1. The van der Waals surface area contributed by atoms with E-state index in [9.17, 15) is 0 Å². The highest BCUT2D eigenvalue weighted by atomic mass is 35.5. The van der Waals surface area contributed by atoms with Gasteiger partial charge in [0.25, 0.3) is 0 Å². The largest absolute Gasteiger partial charge is 0.387 e. The fourth-order valence-electron chi connectivity index (χ4n) is 5.69. The zero-order valence-corrected chi connectivity index (χ0v) is 24.4. The number of allylic oxidation sites excluding steroid dienone is 1. The zero-order valence-electron chi connectivity index (χ0n) is 22.9. The van der Waals surface area contributed by atoms with E-state index in [4.69, 9.17) is 38.3 Å². The first-order valence-electron chi connectivity index (χ1n) is 13.8. The Bertz CT molecular complexity index is 1300. The van der Waals surface area contributed by atoms with Crippen LogP contribution in [0.4, 0.5) is 5.82 Å². The summed E-state index contributed by atoms with van der Waals surface area (Å²) in [6.07, 6.45) is 4.50. The van der Waals surface area contributed by atoms with E-state index in [0.29, 0.717) is 21.9 Å². The number of aryl methyl sites for hydroxylation is 1. The SMILES string of the molecule is C=C(NCCN1CCC[C@H](C2CN(c3cnc4c(C)nn([C@H](C)c5ccc(Cl)cc5Cl)c4n3)C2)C1)C(C)C. The zero-order chi connectivity index (χ0) is 27.0. The van der Waals surface area contributed by atoms with Crippen molar-refractivity contribution in [2.45, 2.75) is 46.6 Å². The second-order valence-corrected chi connectivity index (χ2v) is 12.1. The molecule has 0 spiro atoms. The molecule has 0 saturated carbocycles. The molecule has 3 aromatic rings. The van der Waals surface area contributed by atoms with Gasteiger partial charge < -0.3 is 15.1 Å². The number of hydrogen-bond acceptors (Lipinski definition) is 6. The van der Waals surface area contributed by atoms with Gasteiger partial charge in [0.1, 0.15) is 11.3 Å². The van der Waals surface area contributed by atoms with Crippen LogP contribution in [0.5, 0.6) is 0 Å². The van der Waals surface area contributed by atoms with Crippen molar-refractivity contribution in [2.24, 2.45) is 17.8 Å². The molecule has 0 radical (unpaired) electrons. The van der Waals surface area contributed by atoms with Crippen molar-refractivity contribution in [1.82, 2.24) is 30.0 Å². The Balaban J connectivity index is 1.23. The van der Waals surface area contributed by atoms with Crippen LogP contribution < -0.4 is 10.2 Å². The lowest BCUT2D eigenvalue weighted by Crippen LogP contribution is -2.54. The lowest BCUT2D eigenvalue weighted by atomic mass is 9.80. The Morgan fingerprint density at radius 3 is 2.68 bits per heavy atom. The van der Waals surface area contributed by atoms with Gasteiger partial charge in [-0.3, -0.25) is 0 Å². The molecular formula is C29H39Cl2N7. The smallest absolute Gasteiger partial charge is 0.179 e. The molecule has 9 heteroatoms. The van der Waals surface area contributed by atoms with Crippen molar-refractivity contribution in [3.05, 3.63) is 58.0 Å². The Morgan fingerprint density at radius 2 is 1.95 bits per heavy atom. The van der Waals surface area contributed by atoms with E-state index in [-0.39, 0.29) is 6.04 Å². The first-order valence-corrected chi connectivity index (χ1v) is 14.5. The van der Waals surface area contributed by atoms with Crippen molar-refractivity contribution in [1.29, 1.82) is 0 Å². The molecule has 2 atom stereocenters. The van der Waals surface area contributed by atoms with E-state index in [2.05, 4.69) is 42.5 Å². The number of halogens is 2. The molecule has 0 aliphatic carbocycles. The van der Waals surface area contributed by atoms with Crippen molar-refractivity contribution < 1.29 is 0 Å². The summed E-state index contributed by atoms with van der Waals surface area (Å²) in [6, 6.07) is 5.50. The quantitative estimate of drug-likeness (QED) is 0.351. The normalized spacial score (nSPS) is 19.7. The van der Waals surface area contributed by atoms with Crippen LogP contribution in [-0.4, -0.2) is 63.9 Å². The van der Waals surface area contributed by atoms with Crippen molar-refractivity contribution in [3.8, 4) is 0 Å². The number of anilines is 1. The maximum atomic E-state index is 6.52. The van der Waals surface area contributed by atoms with Crippen LogP contribution in [0.25, 0.3) is 11.2 Å². The predicted octanol–water partition coefficient (Wildman–Crippen LogP) is 5.96. The number of aromatic nitrogens is 4. The third-order valence-electron chi connectivity index (χ3n) is 8.26. The minimum absolute atomic E-state index is 0.0925. The number of hydrogen-bond donors (Lipinski definition) is 1. The van der Waals surface area contributed by atoms with Crippen molar-refractivity contribution in [2.75, 3.05) is 44.2 Å². The molecule has 0 bridgehead atoms. The Hall–Kier alpha value is -2.35. The van der Waals surface area contributed by atoms with E-state index in [0.717, 1.165) is 66.0 Å². The monoisotopic (exact) mass is 555 g/mol. The molecule has 2 aliphatic heterocycles. The molecule has 1 N–H and O–H groups in total. The maximum absolute atomic E-state index is 6.52. The molecule has 2 saturated heterocycles. The second kappa shape index (κ2) is 11.4. The maximum Gasteiger partial charge on any atom is 0.179 e. The van der Waals surface area contributed by atoms with Crippen molar-refractivity contribution >= 4 is 40.2 Å². The van der Waals surface area contributed by atoms with Gasteiger partial charge in [0.05, 0.1) is 17.9 Å². The van der Waals surface area contributed by atoms with Gasteiger partial charge in [0, 0.05) is 48.5 Å². The lowest BCUT2D eigenvalue weighted by Gasteiger charge is -2.47. The van der Waals surface area contributed by atoms with Crippen LogP contribution >= 0.6 is 23.2 Å². The molecule has 7 nitrogen and oxygen atoms in total. The molecule has 4 heterocycles. The number of rotatable bonds is 9. The number of likely N-dealkylation sites (tertiary alicyclic amines) is 1. The van der Waals surface area contributed by atoms with E-state index >= 15 is 0 Å². The Labute approximate surface area is 236 Å². The summed E-state index contributed by atoms with van der Waals surface area (Å²) >= 11 is 12.6. The van der Waals surface area contributed by atoms with Crippen LogP contribution in [0.2, 0.25) is 10.0 Å². The standard InChI is InChI=1S/C29H39Cl2N7/c1-18(2)19(3)32-10-12-36-11-6-7-22(15-36)23-16-37(17-23)27-14-33-28-20(4)35-38(29(28)34-27)21(5)25-9-8-24(30)13-26(25)31/h8-9,13-14,18,21-23,32H,3,6-7,10-12,15-17H2,1-2,4-5H3/t21-,22+/m1/s1. The van der Waals surface area contributed by atoms with Gasteiger partial charge in [0.15, 0.2) is 5.65 Å². The summed E-state index contributed by atoms with van der Waals surface area (Å²) in [4.78, 5) is 14.8. The van der Waals surface area contributed by atoms with Gasteiger partial charge >= 0.3 is 0 Å². The van der Waals surface area contributed by atoms with Gasteiger partial charge in [-0.15, -0.1) is 0 Å². The molecule has 0 unspecified atom stereocenters. The minimum Gasteiger partial charge on any atom is -0.387 e. The van der Waals surface area contributed by atoms with Crippen LogP contribution in [0.1, 0.15) is 50.9 Å². The molecule has 0 amide bonds. The fraction of sp³-hybridized carbons (Fsp3) is 0.552. The van der Waals surface area contributed by atoms with Crippen LogP contribution in [0.3, 0.4) is 0 Å². The van der Waals surface area contributed by atoms with Crippen molar-refractivity contribution in [3.63, 3.8) is 0 Å². The summed E-state index contributed by atoms with van der Waals surface area (Å²) in [6.45, 7) is 19.1. The first kappa shape index (κ1) is 27.2. The summed E-state index contributed by atoms with van der Waals surface area (Å²) in [5.41, 5.74) is 4.59. The van der Waals surface area contributed by atoms with Crippen LogP contribution in [0.15, 0.2) is 36.7 Å². The summed E-state index contributed by atoms with van der Waals surface area (Å²) in [7, 11) is 0. The molecule has 2 aromatic heterocycles. The molecule has 2 fully saturated rings. The predicted molar refractivity (Wildman–Crippen MR) is 157 cm³/mol. The van der Waals surface area contributed by atoms with Crippen LogP contribution in [-0.2, 0) is 0 Å².